The van der Waals surface area contributed by atoms with Crippen LogP contribution in [0.3, 0.4) is 0 Å². The molecular formula is C50H88F4O2. The van der Waals surface area contributed by atoms with Crippen molar-refractivity contribution >= 4 is 0 Å². The zero-order valence-electron chi connectivity index (χ0n) is 36.5. The summed E-state index contributed by atoms with van der Waals surface area (Å²) in [5.74, 6) is 4.59. The molecule has 0 bridgehead atoms. The minimum Gasteiger partial charge on any atom is -0.375 e. The van der Waals surface area contributed by atoms with Crippen LogP contribution in [0.15, 0.2) is 0 Å². The molecule has 0 aromatic rings. The second-order valence-electron chi connectivity index (χ2n) is 20.2. The van der Waals surface area contributed by atoms with Crippen molar-refractivity contribution in [1.82, 2.24) is 0 Å². The van der Waals surface area contributed by atoms with Crippen molar-refractivity contribution < 1.29 is 27.0 Å². The number of unbranched alkanes of at least 4 members (excludes halogenated alkanes) is 10. The summed E-state index contributed by atoms with van der Waals surface area (Å²) < 4.78 is 72.2. The Morgan fingerprint density at radius 1 is 0.375 bits per heavy atom. The van der Waals surface area contributed by atoms with Crippen molar-refractivity contribution in [3.8, 4) is 0 Å². The van der Waals surface area contributed by atoms with Gasteiger partial charge < -0.3 is 9.47 Å². The number of rotatable bonds is 24. The average Bonchev–Trinajstić information content (AvgIpc) is 3.23. The van der Waals surface area contributed by atoms with Crippen LogP contribution in [-0.4, -0.2) is 50.1 Å². The van der Waals surface area contributed by atoms with Crippen LogP contribution in [0, 0.1) is 47.3 Å². The van der Waals surface area contributed by atoms with Gasteiger partial charge in [-0.3, -0.25) is 0 Å². The number of hydrogen-bond acceptors (Lipinski definition) is 2. The summed E-state index contributed by atoms with van der Waals surface area (Å²) in [6.07, 6.45) is 30.2. The molecule has 5 rings (SSSR count). The van der Waals surface area contributed by atoms with Crippen LogP contribution < -0.4 is 0 Å². The zero-order chi connectivity index (χ0) is 39.5. The fraction of sp³-hybridized carbons (Fsp3) is 1.00. The molecular weight excluding hydrogens is 709 g/mol. The second kappa shape index (κ2) is 26.1. The summed E-state index contributed by atoms with van der Waals surface area (Å²) in [6, 6.07) is 0. The van der Waals surface area contributed by atoms with Crippen molar-refractivity contribution in [1.29, 1.82) is 0 Å². The van der Waals surface area contributed by atoms with Gasteiger partial charge in [-0.15, -0.1) is 0 Å². The zero-order valence-corrected chi connectivity index (χ0v) is 36.5. The molecule has 0 spiro atoms. The van der Waals surface area contributed by atoms with E-state index in [0.717, 1.165) is 87.9 Å². The second-order valence-corrected chi connectivity index (χ2v) is 20.2. The first-order valence-electron chi connectivity index (χ1n) is 25.2. The third-order valence-electron chi connectivity index (χ3n) is 16.3. The Hall–Kier alpha value is -0.360. The summed E-state index contributed by atoms with van der Waals surface area (Å²) in [6.45, 7) is 5.59. The Bertz CT molecular complexity index is 922. The Morgan fingerprint density at radius 3 is 1.18 bits per heavy atom. The molecule has 5 fully saturated rings. The highest BCUT2D eigenvalue weighted by Gasteiger charge is 2.43. The van der Waals surface area contributed by atoms with E-state index in [0.29, 0.717) is 37.9 Å². The number of ether oxygens (including phenoxy) is 2. The molecule has 10 unspecified atom stereocenters. The largest absolute Gasteiger partial charge is 0.375 e. The molecule has 328 valence electrons. The Kier molecular flexibility index (Phi) is 21.8. The van der Waals surface area contributed by atoms with Gasteiger partial charge in [-0.2, -0.15) is 0 Å². The lowest BCUT2D eigenvalue weighted by Crippen LogP contribution is -2.43. The van der Waals surface area contributed by atoms with Gasteiger partial charge in [0.15, 0.2) is 12.3 Å². The highest BCUT2D eigenvalue weighted by molar-refractivity contribution is 4.92. The standard InChI is InChI=1S/C50H88F4O2/c1-3-5-7-9-11-13-34-55-45-32-30-41(47(51)49(45)53)28-22-37-18-24-39(25-19-37)43-16-15-17-44(36-43)40-26-20-38(21-27-40)23-29-42-31-33-46(50(54)48(42)52)56-35-14-12-10-8-6-4-2/h37-50H,3-36H2,1-2H3. The van der Waals surface area contributed by atoms with Crippen LogP contribution in [0.2, 0.25) is 0 Å². The monoisotopic (exact) mass is 797 g/mol. The number of halogens is 4. The van der Waals surface area contributed by atoms with E-state index in [9.17, 15) is 0 Å². The van der Waals surface area contributed by atoms with E-state index < -0.39 is 36.9 Å². The molecule has 0 aliphatic heterocycles. The highest BCUT2D eigenvalue weighted by atomic mass is 19.2. The van der Waals surface area contributed by atoms with Gasteiger partial charge in [0.1, 0.15) is 12.3 Å². The summed E-state index contributed by atoms with van der Waals surface area (Å²) in [5.41, 5.74) is 0. The molecule has 0 amide bonds. The molecule has 0 N–H and O–H groups in total. The number of alkyl halides is 4. The maximum Gasteiger partial charge on any atom is 0.157 e. The molecule has 5 aliphatic carbocycles. The topological polar surface area (TPSA) is 18.5 Å². The minimum atomic E-state index is -1.46. The summed E-state index contributed by atoms with van der Waals surface area (Å²) >= 11 is 0. The van der Waals surface area contributed by atoms with E-state index >= 15 is 17.6 Å². The van der Waals surface area contributed by atoms with E-state index in [2.05, 4.69) is 13.8 Å². The molecule has 0 radical (unpaired) electrons. The van der Waals surface area contributed by atoms with Crippen LogP contribution in [0.1, 0.15) is 219 Å². The van der Waals surface area contributed by atoms with Gasteiger partial charge in [0.2, 0.25) is 0 Å². The van der Waals surface area contributed by atoms with E-state index in [-0.39, 0.29) is 11.8 Å². The lowest BCUT2D eigenvalue weighted by molar-refractivity contribution is -0.0770. The molecule has 10 atom stereocenters. The summed E-state index contributed by atoms with van der Waals surface area (Å²) in [4.78, 5) is 0. The first-order chi connectivity index (χ1) is 27.4. The maximum atomic E-state index is 15.2. The molecule has 2 nitrogen and oxygen atoms in total. The number of hydrogen-bond donors (Lipinski definition) is 0. The maximum absolute atomic E-state index is 15.2. The van der Waals surface area contributed by atoms with Gasteiger partial charge in [-0.1, -0.05) is 136 Å². The predicted molar refractivity (Wildman–Crippen MR) is 226 cm³/mol. The molecule has 0 aromatic heterocycles. The van der Waals surface area contributed by atoms with Gasteiger partial charge in [-0.25, -0.2) is 17.6 Å². The molecule has 0 aromatic carbocycles. The van der Waals surface area contributed by atoms with Gasteiger partial charge in [0.25, 0.3) is 0 Å². The highest BCUT2D eigenvalue weighted by Crippen LogP contribution is 2.48. The van der Waals surface area contributed by atoms with Crippen molar-refractivity contribution in [2.45, 2.75) is 256 Å². The smallest absolute Gasteiger partial charge is 0.157 e. The third-order valence-corrected chi connectivity index (χ3v) is 16.3. The lowest BCUT2D eigenvalue weighted by Gasteiger charge is -2.42. The van der Waals surface area contributed by atoms with Crippen LogP contribution in [-0.2, 0) is 9.47 Å². The van der Waals surface area contributed by atoms with Crippen molar-refractivity contribution in [2.75, 3.05) is 13.2 Å². The molecule has 5 aliphatic rings. The first-order valence-corrected chi connectivity index (χ1v) is 25.2. The summed E-state index contributed by atoms with van der Waals surface area (Å²) in [7, 11) is 0. The SMILES string of the molecule is CCCCCCCCOC1CCC(CCC2CCC(C3CCCC(C4CCC(CCC5CCC(OCCCCCCCC)C(F)C5F)CC4)C3)CC2)C(F)C1F. The van der Waals surface area contributed by atoms with Crippen molar-refractivity contribution in [3.63, 3.8) is 0 Å². The summed E-state index contributed by atoms with van der Waals surface area (Å²) in [5, 5.41) is 0. The van der Waals surface area contributed by atoms with Crippen molar-refractivity contribution in [2.24, 2.45) is 47.3 Å². The van der Waals surface area contributed by atoms with Gasteiger partial charge in [0.05, 0.1) is 12.2 Å². The normalized spacial score (nSPS) is 38.5. The van der Waals surface area contributed by atoms with Gasteiger partial charge >= 0.3 is 0 Å². The quantitative estimate of drug-likeness (QED) is 0.0715. The van der Waals surface area contributed by atoms with Crippen LogP contribution in [0.5, 0.6) is 0 Å². The minimum absolute atomic E-state index is 0.131. The fourth-order valence-electron chi connectivity index (χ4n) is 12.4. The third kappa shape index (κ3) is 15.0. The molecule has 56 heavy (non-hydrogen) atoms. The van der Waals surface area contributed by atoms with E-state index in [1.165, 1.54) is 128 Å². The molecule has 0 heterocycles. The van der Waals surface area contributed by atoms with Gasteiger partial charge in [-0.05, 0) is 131 Å². The van der Waals surface area contributed by atoms with E-state index in [1.54, 1.807) is 0 Å². The van der Waals surface area contributed by atoms with Gasteiger partial charge in [0, 0.05) is 13.2 Å². The fourth-order valence-corrected chi connectivity index (χ4v) is 12.4. The van der Waals surface area contributed by atoms with E-state index in [1.807, 2.05) is 0 Å². The van der Waals surface area contributed by atoms with Crippen LogP contribution in [0.25, 0.3) is 0 Å². The van der Waals surface area contributed by atoms with Crippen LogP contribution in [0.4, 0.5) is 17.6 Å². The van der Waals surface area contributed by atoms with Crippen molar-refractivity contribution in [3.05, 3.63) is 0 Å². The Morgan fingerprint density at radius 2 is 0.768 bits per heavy atom. The van der Waals surface area contributed by atoms with Crippen LogP contribution >= 0.6 is 0 Å². The molecule has 0 saturated heterocycles. The average molecular weight is 797 g/mol. The molecule has 5 saturated carbocycles. The lowest BCUT2D eigenvalue weighted by atomic mass is 9.63. The predicted octanol–water partition coefficient (Wildman–Crippen LogP) is 15.6. The molecule has 6 heteroatoms. The first kappa shape index (κ1) is 46.7. The Labute approximate surface area is 342 Å². The van der Waals surface area contributed by atoms with E-state index in [4.69, 9.17) is 9.47 Å². The Balaban J connectivity index is 0.910.